The van der Waals surface area contributed by atoms with Crippen LogP contribution in [0.2, 0.25) is 0 Å². The number of carbonyl (C=O) groups excluding carboxylic acids is 2. The minimum atomic E-state index is -0.470. The SMILES string of the molecule is CCOC(=O)/C=C(\C)NC(=O)Cc1ccccc1OC. The van der Waals surface area contributed by atoms with Crippen LogP contribution in [0.15, 0.2) is 36.0 Å². The first-order valence-electron chi connectivity index (χ1n) is 6.33. The fraction of sp³-hybridized carbons (Fsp3) is 0.333. The number of carbonyl (C=O) groups is 2. The zero-order chi connectivity index (χ0) is 15.0. The van der Waals surface area contributed by atoms with Crippen LogP contribution in [-0.4, -0.2) is 25.6 Å². The first-order valence-corrected chi connectivity index (χ1v) is 6.33. The third-order valence-corrected chi connectivity index (χ3v) is 2.50. The largest absolute Gasteiger partial charge is 0.496 e. The zero-order valence-corrected chi connectivity index (χ0v) is 11.9. The molecule has 108 valence electrons. The number of rotatable bonds is 6. The summed E-state index contributed by atoms with van der Waals surface area (Å²) in [5, 5.41) is 2.63. The van der Waals surface area contributed by atoms with Crippen LogP contribution in [0.4, 0.5) is 0 Å². The highest BCUT2D eigenvalue weighted by Gasteiger charge is 2.09. The number of allylic oxidation sites excluding steroid dienone is 1. The lowest BCUT2D eigenvalue weighted by atomic mass is 10.1. The highest BCUT2D eigenvalue weighted by Crippen LogP contribution is 2.17. The van der Waals surface area contributed by atoms with Crippen LogP contribution >= 0.6 is 0 Å². The Bertz CT molecular complexity index is 508. The fourth-order valence-corrected chi connectivity index (χ4v) is 1.68. The molecule has 0 aliphatic rings. The van der Waals surface area contributed by atoms with Crippen molar-refractivity contribution in [1.82, 2.24) is 5.32 Å². The van der Waals surface area contributed by atoms with Gasteiger partial charge in [0.2, 0.25) is 5.91 Å². The second kappa shape index (κ2) is 7.99. The van der Waals surface area contributed by atoms with Crippen molar-refractivity contribution >= 4 is 11.9 Å². The van der Waals surface area contributed by atoms with Gasteiger partial charge >= 0.3 is 5.97 Å². The molecule has 20 heavy (non-hydrogen) atoms. The smallest absolute Gasteiger partial charge is 0.332 e. The van der Waals surface area contributed by atoms with Gasteiger partial charge in [0, 0.05) is 17.3 Å². The number of hydrogen-bond acceptors (Lipinski definition) is 4. The normalized spacial score (nSPS) is 10.8. The van der Waals surface area contributed by atoms with E-state index in [0.717, 1.165) is 5.56 Å². The number of amides is 1. The van der Waals surface area contributed by atoms with Gasteiger partial charge in [0.1, 0.15) is 5.75 Å². The molecule has 0 heterocycles. The molecule has 1 amide bonds. The van der Waals surface area contributed by atoms with Crippen LogP contribution in [0, 0.1) is 0 Å². The number of esters is 1. The van der Waals surface area contributed by atoms with Gasteiger partial charge in [0.15, 0.2) is 0 Å². The molecule has 1 aromatic carbocycles. The van der Waals surface area contributed by atoms with Crippen LogP contribution in [0.3, 0.4) is 0 Å². The molecule has 0 saturated carbocycles. The van der Waals surface area contributed by atoms with Crippen molar-refractivity contribution in [1.29, 1.82) is 0 Å². The number of methoxy groups -OCH3 is 1. The van der Waals surface area contributed by atoms with E-state index in [1.54, 1.807) is 27.0 Å². The molecule has 0 atom stereocenters. The summed E-state index contributed by atoms with van der Waals surface area (Å²) < 4.78 is 9.94. The standard InChI is InChI=1S/C15H19NO4/c1-4-20-15(18)9-11(2)16-14(17)10-12-7-5-6-8-13(12)19-3/h5-9H,4,10H2,1-3H3,(H,16,17)/b11-9+. The molecule has 0 saturated heterocycles. The van der Waals surface area contributed by atoms with E-state index < -0.39 is 5.97 Å². The maximum absolute atomic E-state index is 11.9. The van der Waals surface area contributed by atoms with Gasteiger partial charge < -0.3 is 14.8 Å². The monoisotopic (exact) mass is 277 g/mol. The maximum Gasteiger partial charge on any atom is 0.332 e. The van der Waals surface area contributed by atoms with Gasteiger partial charge in [-0.2, -0.15) is 0 Å². The van der Waals surface area contributed by atoms with Crippen molar-refractivity contribution in [2.45, 2.75) is 20.3 Å². The molecule has 0 aromatic heterocycles. The summed E-state index contributed by atoms with van der Waals surface area (Å²) in [7, 11) is 1.56. The lowest BCUT2D eigenvalue weighted by Gasteiger charge is -2.09. The molecule has 5 heteroatoms. The highest BCUT2D eigenvalue weighted by atomic mass is 16.5. The summed E-state index contributed by atoms with van der Waals surface area (Å²) in [6, 6.07) is 7.30. The lowest BCUT2D eigenvalue weighted by molar-refractivity contribution is -0.137. The molecule has 0 aliphatic heterocycles. The van der Waals surface area contributed by atoms with Crippen LogP contribution in [0.5, 0.6) is 5.75 Å². The van der Waals surface area contributed by atoms with E-state index in [2.05, 4.69) is 5.32 Å². The average molecular weight is 277 g/mol. The quantitative estimate of drug-likeness (QED) is 0.636. The first kappa shape index (κ1) is 15.8. The van der Waals surface area contributed by atoms with Crippen LogP contribution < -0.4 is 10.1 Å². The van der Waals surface area contributed by atoms with Crippen LogP contribution in [-0.2, 0) is 20.7 Å². The van der Waals surface area contributed by atoms with E-state index in [4.69, 9.17) is 9.47 Å². The highest BCUT2D eigenvalue weighted by molar-refractivity contribution is 5.85. The summed E-state index contributed by atoms with van der Waals surface area (Å²) in [6.45, 7) is 3.66. The molecule has 0 fully saturated rings. The summed E-state index contributed by atoms with van der Waals surface area (Å²) in [5.41, 5.74) is 1.24. The molecule has 0 radical (unpaired) electrons. The van der Waals surface area contributed by atoms with Gasteiger partial charge in [0.25, 0.3) is 0 Å². The minimum Gasteiger partial charge on any atom is -0.496 e. The minimum absolute atomic E-state index is 0.179. The van der Waals surface area contributed by atoms with E-state index in [1.165, 1.54) is 6.08 Å². The van der Waals surface area contributed by atoms with Crippen LogP contribution in [0.1, 0.15) is 19.4 Å². The van der Waals surface area contributed by atoms with Gasteiger partial charge in [-0.15, -0.1) is 0 Å². The van der Waals surface area contributed by atoms with Crippen LogP contribution in [0.25, 0.3) is 0 Å². The lowest BCUT2D eigenvalue weighted by Crippen LogP contribution is -2.24. The summed E-state index contributed by atoms with van der Waals surface area (Å²) in [5.74, 6) is -0.0233. The zero-order valence-electron chi connectivity index (χ0n) is 11.9. The number of ether oxygens (including phenoxy) is 2. The summed E-state index contributed by atoms with van der Waals surface area (Å²) in [6.07, 6.45) is 1.43. The topological polar surface area (TPSA) is 64.6 Å². The number of nitrogens with one attached hydrogen (secondary N) is 1. The molecule has 0 bridgehead atoms. The molecule has 0 spiro atoms. The Labute approximate surface area is 118 Å². The number of benzene rings is 1. The van der Waals surface area contributed by atoms with Gasteiger partial charge in [0.05, 0.1) is 20.1 Å². The first-order chi connectivity index (χ1) is 9.56. The average Bonchev–Trinajstić information content (AvgIpc) is 2.39. The predicted molar refractivity (Wildman–Crippen MR) is 75.2 cm³/mol. The van der Waals surface area contributed by atoms with E-state index in [1.807, 2.05) is 18.2 Å². The Morgan fingerprint density at radius 1 is 1.30 bits per heavy atom. The predicted octanol–water partition coefficient (Wildman–Crippen LogP) is 1.82. The summed E-state index contributed by atoms with van der Waals surface area (Å²) >= 11 is 0. The molecule has 1 N–H and O–H groups in total. The second-order valence-electron chi connectivity index (χ2n) is 4.12. The van der Waals surface area contributed by atoms with Crippen molar-refractivity contribution < 1.29 is 19.1 Å². The van der Waals surface area contributed by atoms with Gasteiger partial charge in [-0.25, -0.2) is 4.79 Å². The molecule has 1 aromatic rings. The summed E-state index contributed by atoms with van der Waals surface area (Å²) in [4.78, 5) is 23.1. The van der Waals surface area contributed by atoms with Crippen molar-refractivity contribution in [3.8, 4) is 5.75 Å². The van der Waals surface area contributed by atoms with E-state index in [-0.39, 0.29) is 12.3 Å². The van der Waals surface area contributed by atoms with Gasteiger partial charge in [-0.3, -0.25) is 4.79 Å². The van der Waals surface area contributed by atoms with Gasteiger partial charge in [-0.05, 0) is 19.9 Å². The Kier molecular flexibility index (Phi) is 6.29. The third kappa shape index (κ3) is 5.14. The van der Waals surface area contributed by atoms with E-state index in [9.17, 15) is 9.59 Å². The Morgan fingerprint density at radius 2 is 2.00 bits per heavy atom. The Hall–Kier alpha value is -2.30. The second-order valence-corrected chi connectivity index (χ2v) is 4.12. The maximum atomic E-state index is 11.9. The molecular weight excluding hydrogens is 258 g/mol. The van der Waals surface area contributed by atoms with E-state index >= 15 is 0 Å². The molecular formula is C15H19NO4. The molecule has 1 rings (SSSR count). The Balaban J connectivity index is 2.61. The molecule has 0 aliphatic carbocycles. The number of hydrogen-bond donors (Lipinski definition) is 1. The van der Waals surface area contributed by atoms with Crippen molar-refractivity contribution in [3.63, 3.8) is 0 Å². The fourth-order valence-electron chi connectivity index (χ4n) is 1.68. The van der Waals surface area contributed by atoms with Crippen molar-refractivity contribution in [2.24, 2.45) is 0 Å². The Morgan fingerprint density at radius 3 is 2.65 bits per heavy atom. The van der Waals surface area contributed by atoms with Gasteiger partial charge in [-0.1, -0.05) is 18.2 Å². The number of para-hydroxylation sites is 1. The third-order valence-electron chi connectivity index (χ3n) is 2.50. The van der Waals surface area contributed by atoms with Crippen molar-refractivity contribution in [2.75, 3.05) is 13.7 Å². The molecule has 0 unspecified atom stereocenters. The molecule has 5 nitrogen and oxygen atoms in total. The van der Waals surface area contributed by atoms with E-state index in [0.29, 0.717) is 18.1 Å². The van der Waals surface area contributed by atoms with Crippen molar-refractivity contribution in [3.05, 3.63) is 41.6 Å².